The van der Waals surface area contributed by atoms with Gasteiger partial charge in [0, 0.05) is 49.7 Å². The fourth-order valence-corrected chi connectivity index (χ4v) is 3.62. The number of nitrogens with two attached hydrogens (primary N) is 3. The average molecular weight is 399 g/mol. The van der Waals surface area contributed by atoms with Crippen molar-refractivity contribution in [2.24, 2.45) is 33.4 Å². The molecule has 1 aromatic carbocycles. The number of rotatable bonds is 8. The lowest BCUT2D eigenvalue weighted by Crippen LogP contribution is -2.34. The van der Waals surface area contributed by atoms with Crippen LogP contribution in [0.1, 0.15) is 31.4 Å². The molecule has 1 aliphatic rings. The molecule has 0 unspecified atom stereocenters. The Bertz CT molecular complexity index is 766. The van der Waals surface area contributed by atoms with Gasteiger partial charge in [0.2, 0.25) is 0 Å². The highest BCUT2D eigenvalue weighted by atomic mass is 15.3. The second kappa shape index (κ2) is 11.2. The van der Waals surface area contributed by atoms with Crippen LogP contribution in [0.25, 0.3) is 0 Å². The summed E-state index contributed by atoms with van der Waals surface area (Å²) >= 11 is 0. The average Bonchev–Trinajstić information content (AvgIpc) is 2.91. The van der Waals surface area contributed by atoms with E-state index in [4.69, 9.17) is 22.7 Å². The molecule has 158 valence electrons. The molecular weight excluding hydrogens is 364 g/mol. The van der Waals surface area contributed by atoms with Gasteiger partial charge in [0.1, 0.15) is 0 Å². The van der Waals surface area contributed by atoms with Gasteiger partial charge >= 0.3 is 0 Å². The summed E-state index contributed by atoms with van der Waals surface area (Å²) < 4.78 is 0. The Balaban J connectivity index is 2.22. The van der Waals surface area contributed by atoms with Gasteiger partial charge in [-0.15, -0.1) is 5.10 Å². The van der Waals surface area contributed by atoms with E-state index >= 15 is 0 Å². The molecule has 0 spiro atoms. The van der Waals surface area contributed by atoms with E-state index in [2.05, 4.69) is 46.1 Å². The maximum Gasteiger partial charge on any atom is 0.157 e. The number of benzene rings is 1. The summed E-state index contributed by atoms with van der Waals surface area (Å²) in [6.07, 6.45) is 7.11. The fraction of sp³-hybridized carbons (Fsp3) is 0.476. The summed E-state index contributed by atoms with van der Waals surface area (Å²) in [7, 11) is 0. The van der Waals surface area contributed by atoms with Crippen LogP contribution in [0, 0.1) is 11.4 Å². The van der Waals surface area contributed by atoms with Gasteiger partial charge in [-0.05, 0) is 54.8 Å². The molecule has 2 rings (SSSR count). The molecule has 29 heavy (non-hydrogen) atoms. The molecule has 8 nitrogen and oxygen atoms in total. The molecule has 0 bridgehead atoms. The third-order valence-corrected chi connectivity index (χ3v) is 4.90. The quantitative estimate of drug-likeness (QED) is 0.175. The van der Waals surface area contributed by atoms with E-state index in [0.717, 1.165) is 62.5 Å². The minimum Gasteiger partial charge on any atom is -0.405 e. The lowest BCUT2D eigenvalue weighted by Gasteiger charge is -2.26. The van der Waals surface area contributed by atoms with Gasteiger partial charge in [0.05, 0.1) is 0 Å². The third kappa shape index (κ3) is 6.90. The van der Waals surface area contributed by atoms with Crippen molar-refractivity contribution in [3.63, 3.8) is 0 Å². The normalized spacial score (nSPS) is 17.1. The molecule has 0 amide bonds. The molecule has 0 aromatic heterocycles. The molecule has 8 heteroatoms. The Hall–Kier alpha value is -2.87. The van der Waals surface area contributed by atoms with Crippen LogP contribution in [0.15, 0.2) is 52.6 Å². The Morgan fingerprint density at radius 3 is 2.69 bits per heavy atom. The Labute approximate surface area is 173 Å². The standard InChI is InChI=1S/C21H34N8/c1-16(2)13-17-6-7-19(21(24)26-27-25)20(14-17)29-10-4-9-28(11-12-29)15-18(23)5-3-8-22/h3,5-8,14,16H,4,9-13,15,22-23H2,1-2H3,(H3,24,25,26)/b8-3-,18-5-. The first-order valence-corrected chi connectivity index (χ1v) is 10.1. The Morgan fingerprint density at radius 1 is 1.21 bits per heavy atom. The van der Waals surface area contributed by atoms with E-state index < -0.39 is 0 Å². The summed E-state index contributed by atoms with van der Waals surface area (Å²) in [5.74, 6) is 0.841. The first-order valence-electron chi connectivity index (χ1n) is 10.1. The summed E-state index contributed by atoms with van der Waals surface area (Å²) in [6.45, 7) is 8.81. The van der Waals surface area contributed by atoms with E-state index in [1.165, 1.54) is 11.8 Å². The summed E-state index contributed by atoms with van der Waals surface area (Å²) in [5, 5.41) is 6.86. The van der Waals surface area contributed by atoms with Crippen molar-refractivity contribution in [2.45, 2.75) is 26.7 Å². The van der Waals surface area contributed by atoms with Crippen LogP contribution >= 0.6 is 0 Å². The monoisotopic (exact) mass is 398 g/mol. The molecule has 1 heterocycles. The number of nitrogens with one attached hydrogen (secondary N) is 1. The highest BCUT2D eigenvalue weighted by molar-refractivity contribution is 6.02. The largest absolute Gasteiger partial charge is 0.405 e. The zero-order chi connectivity index (χ0) is 21.2. The number of nitrogens with zero attached hydrogens (tertiary/aromatic N) is 4. The minimum atomic E-state index is 0.271. The highest BCUT2D eigenvalue weighted by Gasteiger charge is 2.19. The van der Waals surface area contributed by atoms with Gasteiger partial charge in [-0.25, -0.2) is 0 Å². The van der Waals surface area contributed by atoms with E-state index in [-0.39, 0.29) is 5.84 Å². The molecule has 1 saturated heterocycles. The predicted molar refractivity (Wildman–Crippen MR) is 120 cm³/mol. The van der Waals surface area contributed by atoms with E-state index in [0.29, 0.717) is 5.92 Å². The summed E-state index contributed by atoms with van der Waals surface area (Å²) in [4.78, 5) is 4.70. The lowest BCUT2D eigenvalue weighted by molar-refractivity contribution is 0.317. The van der Waals surface area contributed by atoms with Gasteiger partial charge in [0.15, 0.2) is 5.84 Å². The SMILES string of the molecule is CC(C)Cc1ccc(/C(N)=N/N=N)c(N2CCCN(C/C(N)=C/C=C\N)CC2)c1. The van der Waals surface area contributed by atoms with Gasteiger partial charge in [-0.2, -0.15) is 5.53 Å². The fourth-order valence-electron chi connectivity index (χ4n) is 3.62. The summed E-state index contributed by atoms with van der Waals surface area (Å²) in [5.41, 5.74) is 28.5. The molecule has 1 aromatic rings. The maximum absolute atomic E-state index is 7.01. The minimum absolute atomic E-state index is 0.271. The molecule has 1 fully saturated rings. The van der Waals surface area contributed by atoms with Crippen LogP contribution in [0.5, 0.6) is 0 Å². The Morgan fingerprint density at radius 2 is 2.00 bits per heavy atom. The van der Waals surface area contributed by atoms with Crippen molar-refractivity contribution >= 4 is 11.5 Å². The van der Waals surface area contributed by atoms with Crippen molar-refractivity contribution in [1.29, 1.82) is 5.53 Å². The number of hydrogen-bond donors (Lipinski definition) is 4. The molecule has 7 N–H and O–H groups in total. The Kier molecular flexibility index (Phi) is 8.67. The van der Waals surface area contributed by atoms with Crippen LogP contribution in [-0.4, -0.2) is 43.5 Å². The topological polar surface area (TPSA) is 133 Å². The molecular formula is C21H34N8. The molecule has 0 atom stereocenters. The second-order valence-electron chi connectivity index (χ2n) is 7.78. The second-order valence-corrected chi connectivity index (χ2v) is 7.78. The van der Waals surface area contributed by atoms with Crippen molar-refractivity contribution < 1.29 is 0 Å². The number of anilines is 1. The lowest BCUT2D eigenvalue weighted by atomic mass is 9.99. The van der Waals surface area contributed by atoms with Crippen LogP contribution < -0.4 is 22.1 Å². The number of allylic oxidation sites excluding steroid dienone is 2. The first kappa shape index (κ1) is 22.4. The smallest absolute Gasteiger partial charge is 0.157 e. The van der Waals surface area contributed by atoms with Gasteiger partial charge in [0.25, 0.3) is 0 Å². The van der Waals surface area contributed by atoms with Crippen molar-refractivity contribution in [3.05, 3.63) is 53.4 Å². The maximum atomic E-state index is 7.01. The van der Waals surface area contributed by atoms with Crippen LogP contribution in [0.3, 0.4) is 0 Å². The van der Waals surface area contributed by atoms with Gasteiger partial charge in [-0.3, -0.25) is 4.90 Å². The van der Waals surface area contributed by atoms with Crippen LogP contribution in [0.4, 0.5) is 5.69 Å². The zero-order valence-corrected chi connectivity index (χ0v) is 17.5. The van der Waals surface area contributed by atoms with E-state index in [9.17, 15) is 0 Å². The molecule has 0 radical (unpaired) electrons. The number of amidine groups is 1. The van der Waals surface area contributed by atoms with Crippen molar-refractivity contribution in [2.75, 3.05) is 37.6 Å². The number of hydrogen-bond acceptors (Lipinski definition) is 6. The van der Waals surface area contributed by atoms with Crippen LogP contribution in [0.2, 0.25) is 0 Å². The van der Waals surface area contributed by atoms with Gasteiger partial charge in [-0.1, -0.05) is 25.1 Å². The van der Waals surface area contributed by atoms with E-state index in [1.54, 1.807) is 6.08 Å². The predicted octanol–water partition coefficient (Wildman–Crippen LogP) is 2.36. The van der Waals surface area contributed by atoms with E-state index in [1.807, 2.05) is 12.1 Å². The van der Waals surface area contributed by atoms with Gasteiger partial charge < -0.3 is 22.1 Å². The van der Waals surface area contributed by atoms with Crippen molar-refractivity contribution in [3.8, 4) is 0 Å². The third-order valence-electron chi connectivity index (χ3n) is 4.90. The molecule has 1 aliphatic heterocycles. The molecule has 0 saturated carbocycles. The first-order chi connectivity index (χ1) is 13.9. The molecule has 0 aliphatic carbocycles. The highest BCUT2D eigenvalue weighted by Crippen LogP contribution is 2.25. The van der Waals surface area contributed by atoms with Crippen molar-refractivity contribution in [1.82, 2.24) is 4.90 Å². The van der Waals surface area contributed by atoms with Crippen LogP contribution in [-0.2, 0) is 6.42 Å². The zero-order valence-electron chi connectivity index (χ0n) is 17.5. The summed E-state index contributed by atoms with van der Waals surface area (Å²) in [6, 6.07) is 6.29.